The highest BCUT2D eigenvalue weighted by Crippen LogP contribution is 2.28. The summed E-state index contributed by atoms with van der Waals surface area (Å²) in [4.78, 5) is 4.36. The topological polar surface area (TPSA) is 55.9 Å². The van der Waals surface area contributed by atoms with E-state index in [9.17, 15) is 0 Å². The van der Waals surface area contributed by atoms with E-state index >= 15 is 0 Å². The average Bonchev–Trinajstić information content (AvgIpc) is 2.81. The fourth-order valence-electron chi connectivity index (χ4n) is 3.04. The molecule has 0 radical (unpaired) electrons. The van der Waals surface area contributed by atoms with E-state index in [0.717, 1.165) is 24.6 Å². The Morgan fingerprint density at radius 2 is 2.22 bits per heavy atom. The Kier molecular flexibility index (Phi) is 5.20. The number of hydrogen-bond donors (Lipinski definition) is 2. The number of nitrogens with two attached hydrogens (primary N) is 1. The monoisotopic (exact) mass is 250 g/mol. The molecule has 0 spiro atoms. The van der Waals surface area contributed by atoms with Crippen molar-refractivity contribution in [1.29, 1.82) is 0 Å². The van der Waals surface area contributed by atoms with E-state index < -0.39 is 0 Å². The average molecular weight is 250 g/mol. The van der Waals surface area contributed by atoms with Crippen LogP contribution < -0.4 is 11.3 Å². The number of nitrogens with one attached hydrogen (secondary N) is 1. The summed E-state index contributed by atoms with van der Waals surface area (Å²) in [5, 5.41) is 0. The summed E-state index contributed by atoms with van der Waals surface area (Å²) in [6.45, 7) is 0. The van der Waals surface area contributed by atoms with Crippen LogP contribution >= 0.6 is 0 Å². The van der Waals surface area contributed by atoms with Crippen LogP contribution in [0.4, 0.5) is 0 Å². The molecule has 4 nitrogen and oxygen atoms in total. The van der Waals surface area contributed by atoms with E-state index in [4.69, 9.17) is 5.84 Å². The normalized spacial score (nSPS) is 19.0. The summed E-state index contributed by atoms with van der Waals surface area (Å²) in [5.41, 5.74) is 2.99. The summed E-state index contributed by atoms with van der Waals surface area (Å²) in [6.07, 6.45) is 14.2. The first-order valence-electron chi connectivity index (χ1n) is 7.22. The minimum Gasteiger partial charge on any atom is -0.338 e. The lowest BCUT2D eigenvalue weighted by Gasteiger charge is -2.26. The second-order valence-corrected chi connectivity index (χ2v) is 5.60. The fraction of sp³-hybridized carbons (Fsp3) is 0.786. The molecule has 3 N–H and O–H groups in total. The molecule has 0 amide bonds. The zero-order valence-electron chi connectivity index (χ0n) is 11.4. The van der Waals surface area contributed by atoms with Crippen LogP contribution in [0.1, 0.15) is 50.8 Å². The second-order valence-electron chi connectivity index (χ2n) is 5.60. The first-order chi connectivity index (χ1) is 8.79. The van der Waals surface area contributed by atoms with Gasteiger partial charge in [0.1, 0.15) is 5.82 Å². The standard InChI is InChI=1S/C14H26N4/c1-18-10-9-16-14(18)8-7-13(17-15)11-12-5-3-2-4-6-12/h9-10,12-13,17H,2-8,11,15H2,1H3. The minimum absolute atomic E-state index is 0.435. The van der Waals surface area contributed by atoms with Crippen molar-refractivity contribution in [1.82, 2.24) is 15.0 Å². The Balaban J connectivity index is 1.76. The highest BCUT2D eigenvalue weighted by Gasteiger charge is 2.18. The Morgan fingerprint density at radius 3 is 2.83 bits per heavy atom. The Bertz CT molecular complexity index is 341. The van der Waals surface area contributed by atoms with Crippen LogP contribution in [0, 0.1) is 5.92 Å². The summed E-state index contributed by atoms with van der Waals surface area (Å²) in [5.74, 6) is 7.72. The van der Waals surface area contributed by atoms with Crippen LogP contribution in [0.2, 0.25) is 0 Å². The van der Waals surface area contributed by atoms with Gasteiger partial charge in [-0.1, -0.05) is 32.1 Å². The Labute approximate surface area is 110 Å². The third-order valence-corrected chi connectivity index (χ3v) is 4.22. The molecule has 4 heteroatoms. The van der Waals surface area contributed by atoms with Crippen LogP contribution in [-0.2, 0) is 13.5 Å². The molecule has 1 atom stereocenters. The minimum atomic E-state index is 0.435. The van der Waals surface area contributed by atoms with Gasteiger partial charge in [0.25, 0.3) is 0 Å². The second kappa shape index (κ2) is 6.90. The Hall–Kier alpha value is -0.870. The highest BCUT2D eigenvalue weighted by atomic mass is 15.2. The number of hydrogen-bond acceptors (Lipinski definition) is 3. The maximum absolute atomic E-state index is 5.69. The summed E-state index contributed by atoms with van der Waals surface area (Å²) in [7, 11) is 2.05. The third kappa shape index (κ3) is 3.82. The molecule has 2 rings (SSSR count). The molecular formula is C14H26N4. The molecule has 1 saturated carbocycles. The number of aryl methyl sites for hydroxylation is 2. The molecule has 0 aliphatic heterocycles. The molecule has 1 aromatic heterocycles. The lowest BCUT2D eigenvalue weighted by Crippen LogP contribution is -2.37. The molecule has 0 aromatic carbocycles. The van der Waals surface area contributed by atoms with Crippen LogP contribution in [-0.4, -0.2) is 15.6 Å². The molecule has 0 saturated heterocycles. The van der Waals surface area contributed by atoms with Crippen molar-refractivity contribution >= 4 is 0 Å². The SMILES string of the molecule is Cn1ccnc1CCC(CC1CCCCC1)NN. The van der Waals surface area contributed by atoms with Crippen molar-refractivity contribution in [2.75, 3.05) is 0 Å². The maximum atomic E-state index is 5.69. The van der Waals surface area contributed by atoms with Gasteiger partial charge in [0.05, 0.1) is 0 Å². The quantitative estimate of drug-likeness (QED) is 0.601. The van der Waals surface area contributed by atoms with Gasteiger partial charge in [-0.05, 0) is 18.8 Å². The van der Waals surface area contributed by atoms with Crippen molar-refractivity contribution in [2.24, 2.45) is 18.8 Å². The summed E-state index contributed by atoms with van der Waals surface area (Å²) in [6, 6.07) is 0.435. The predicted octanol–water partition coefficient (Wildman–Crippen LogP) is 2.15. The van der Waals surface area contributed by atoms with Gasteiger partial charge in [-0.25, -0.2) is 4.98 Å². The van der Waals surface area contributed by atoms with Crippen LogP contribution in [0.3, 0.4) is 0 Å². The van der Waals surface area contributed by atoms with Gasteiger partial charge in [-0.15, -0.1) is 0 Å². The van der Waals surface area contributed by atoms with Crippen LogP contribution in [0.5, 0.6) is 0 Å². The molecule has 1 heterocycles. The molecule has 102 valence electrons. The van der Waals surface area contributed by atoms with Crippen LogP contribution in [0.15, 0.2) is 12.4 Å². The van der Waals surface area contributed by atoms with Crippen molar-refractivity contribution < 1.29 is 0 Å². The zero-order chi connectivity index (χ0) is 12.8. The summed E-state index contributed by atoms with van der Waals surface area (Å²) < 4.78 is 2.09. The van der Waals surface area contributed by atoms with Gasteiger partial charge in [-0.2, -0.15) is 0 Å². The van der Waals surface area contributed by atoms with Gasteiger partial charge < -0.3 is 4.57 Å². The molecule has 1 aromatic rings. The van der Waals surface area contributed by atoms with E-state index in [0.29, 0.717) is 6.04 Å². The fourth-order valence-corrected chi connectivity index (χ4v) is 3.04. The maximum Gasteiger partial charge on any atom is 0.108 e. The number of hydrazine groups is 1. The first kappa shape index (κ1) is 13.6. The highest BCUT2D eigenvalue weighted by molar-refractivity contribution is 4.92. The lowest BCUT2D eigenvalue weighted by atomic mass is 9.84. The van der Waals surface area contributed by atoms with Gasteiger partial charge in [0.2, 0.25) is 0 Å². The van der Waals surface area contributed by atoms with Crippen LogP contribution in [0.25, 0.3) is 0 Å². The van der Waals surface area contributed by atoms with E-state index in [1.165, 1.54) is 38.5 Å². The Morgan fingerprint density at radius 1 is 1.44 bits per heavy atom. The van der Waals surface area contributed by atoms with E-state index in [1.807, 2.05) is 19.4 Å². The summed E-state index contributed by atoms with van der Waals surface area (Å²) >= 11 is 0. The smallest absolute Gasteiger partial charge is 0.108 e. The lowest BCUT2D eigenvalue weighted by molar-refractivity contribution is 0.291. The molecule has 18 heavy (non-hydrogen) atoms. The van der Waals surface area contributed by atoms with Crippen molar-refractivity contribution in [3.63, 3.8) is 0 Å². The largest absolute Gasteiger partial charge is 0.338 e. The molecule has 1 fully saturated rings. The van der Waals surface area contributed by atoms with E-state index in [1.54, 1.807) is 0 Å². The molecule has 1 aliphatic carbocycles. The molecule has 1 unspecified atom stereocenters. The first-order valence-corrected chi connectivity index (χ1v) is 7.22. The van der Waals surface area contributed by atoms with Gasteiger partial charge >= 0.3 is 0 Å². The van der Waals surface area contributed by atoms with Crippen molar-refractivity contribution in [2.45, 2.75) is 57.4 Å². The van der Waals surface area contributed by atoms with Gasteiger partial charge in [0, 0.05) is 31.9 Å². The molecule has 0 bridgehead atoms. The molecule has 1 aliphatic rings. The number of rotatable bonds is 6. The molecular weight excluding hydrogens is 224 g/mol. The van der Waals surface area contributed by atoms with E-state index in [2.05, 4.69) is 15.0 Å². The number of imidazole rings is 1. The van der Waals surface area contributed by atoms with Gasteiger partial charge in [-0.3, -0.25) is 11.3 Å². The van der Waals surface area contributed by atoms with Crippen molar-refractivity contribution in [3.05, 3.63) is 18.2 Å². The van der Waals surface area contributed by atoms with E-state index in [-0.39, 0.29) is 0 Å². The third-order valence-electron chi connectivity index (χ3n) is 4.22. The van der Waals surface area contributed by atoms with Crippen molar-refractivity contribution in [3.8, 4) is 0 Å². The number of nitrogens with zero attached hydrogens (tertiary/aromatic N) is 2. The predicted molar refractivity (Wildman–Crippen MR) is 73.8 cm³/mol. The zero-order valence-corrected chi connectivity index (χ0v) is 11.4. The number of aromatic nitrogens is 2. The van der Waals surface area contributed by atoms with Gasteiger partial charge in [0.15, 0.2) is 0 Å².